The zero-order chi connectivity index (χ0) is 20.7. The van der Waals surface area contributed by atoms with Gasteiger partial charge in [-0.15, -0.1) is 0 Å². The summed E-state index contributed by atoms with van der Waals surface area (Å²) in [5.41, 5.74) is -0.651. The molecule has 28 heavy (non-hydrogen) atoms. The van der Waals surface area contributed by atoms with E-state index in [2.05, 4.69) is 17.5 Å². The summed E-state index contributed by atoms with van der Waals surface area (Å²) < 4.78 is 69.2. The van der Waals surface area contributed by atoms with Gasteiger partial charge in [0, 0.05) is 13.2 Å². The Kier molecular flexibility index (Phi) is 27.1. The second kappa shape index (κ2) is 20.5. The van der Waals surface area contributed by atoms with Crippen molar-refractivity contribution in [3.8, 4) is 0 Å². The van der Waals surface area contributed by atoms with Gasteiger partial charge in [-0.2, -0.15) is 3.63 Å². The second-order valence-corrected chi connectivity index (χ2v) is 7.69. The molecule has 0 bridgehead atoms. The average Bonchev–Trinajstić information content (AvgIpc) is 2.51. The van der Waals surface area contributed by atoms with Crippen LogP contribution in [0, 0.1) is 5.41 Å². The fraction of sp³-hybridized carbons (Fsp3) is 1.00. The minimum Gasteiger partial charge on any atom is -0.725 e. The minimum absolute atomic E-state index is 0. The maximum Gasteiger partial charge on any atom is 1.00 e. The molecule has 0 aromatic carbocycles. The summed E-state index contributed by atoms with van der Waals surface area (Å²) in [5, 5.41) is 18.7. The van der Waals surface area contributed by atoms with Crippen LogP contribution in [-0.2, 0) is 33.9 Å². The Morgan fingerprint density at radius 2 is 1.11 bits per heavy atom. The summed E-state index contributed by atoms with van der Waals surface area (Å²) in [6.07, 6.45) is 4.17. The van der Waals surface area contributed by atoms with Gasteiger partial charge in [-0.3, -0.25) is 0 Å². The van der Waals surface area contributed by atoms with Crippen molar-refractivity contribution < 1.29 is 108 Å². The zero-order valence-corrected chi connectivity index (χ0v) is 22.6. The molecule has 0 unspecified atom stereocenters. The molecule has 0 amide bonds. The van der Waals surface area contributed by atoms with Gasteiger partial charge in [0.15, 0.2) is 0 Å². The van der Waals surface area contributed by atoms with E-state index in [0.29, 0.717) is 26.4 Å². The van der Waals surface area contributed by atoms with E-state index in [1.54, 1.807) is 0 Å². The Morgan fingerprint density at radius 3 is 1.29 bits per heavy atom. The molecule has 0 saturated heterocycles. The van der Waals surface area contributed by atoms with E-state index in [0.717, 1.165) is 25.7 Å². The van der Waals surface area contributed by atoms with Gasteiger partial charge in [-0.05, 0) is 12.8 Å². The van der Waals surface area contributed by atoms with Crippen LogP contribution in [0.5, 0.6) is 0 Å². The van der Waals surface area contributed by atoms with Crippen molar-refractivity contribution in [3.05, 3.63) is 0 Å². The van der Waals surface area contributed by atoms with Crippen LogP contribution in [0.3, 0.4) is 0 Å². The molecule has 0 fully saturated rings. The summed E-state index contributed by atoms with van der Waals surface area (Å²) in [7, 11) is -10.9. The molecule has 0 atom stereocenters. The molecule has 15 heteroatoms. The first-order valence-corrected chi connectivity index (χ1v) is 10.6. The van der Waals surface area contributed by atoms with Gasteiger partial charge in [-0.25, -0.2) is 16.8 Å². The molecule has 0 aliphatic rings. The molecule has 0 heterocycles. The van der Waals surface area contributed by atoms with Crippen molar-refractivity contribution in [2.75, 3.05) is 39.6 Å². The fourth-order valence-corrected chi connectivity index (χ4v) is 2.26. The van der Waals surface area contributed by atoms with Gasteiger partial charge in [-0.1, -0.05) is 26.7 Å². The van der Waals surface area contributed by atoms with Crippen LogP contribution in [0.2, 0.25) is 0 Å². The molecule has 11 nitrogen and oxygen atoms in total. The monoisotopic (exact) mass is 470 g/mol. The first-order valence-electron chi connectivity index (χ1n) is 7.95. The molecule has 0 radical (unpaired) electrons. The van der Waals surface area contributed by atoms with Crippen molar-refractivity contribution in [3.63, 3.8) is 0 Å². The molecule has 0 aliphatic carbocycles. The van der Waals surface area contributed by atoms with Gasteiger partial charge in [0.1, 0.15) is 0 Å². The van der Waals surface area contributed by atoms with E-state index < -0.39 is 26.2 Å². The number of aliphatic hydroxyl groups is 2. The summed E-state index contributed by atoms with van der Waals surface area (Å²) in [4.78, 5) is 0. The molecule has 2 N–H and O–H groups in total. The topological polar surface area (TPSA) is 183 Å². The summed E-state index contributed by atoms with van der Waals surface area (Å²) >= 11 is 0. The van der Waals surface area contributed by atoms with Gasteiger partial charge < -0.3 is 28.8 Å². The molecule has 0 aliphatic heterocycles. The van der Waals surface area contributed by atoms with Gasteiger partial charge in [0.25, 0.3) is 0 Å². The molecule has 160 valence electrons. The second-order valence-electron chi connectivity index (χ2n) is 5.51. The van der Waals surface area contributed by atoms with Crippen LogP contribution < -0.4 is 59.1 Å². The van der Waals surface area contributed by atoms with Crippen molar-refractivity contribution in [2.24, 2.45) is 5.41 Å². The van der Waals surface area contributed by atoms with E-state index in [9.17, 15) is 36.2 Å². The molecular weight excluding hydrogens is 442 g/mol. The third-order valence-electron chi connectivity index (χ3n) is 2.94. The summed E-state index contributed by atoms with van der Waals surface area (Å²) in [6.45, 7) is 6.04. The van der Waals surface area contributed by atoms with Crippen LogP contribution in [0.25, 0.3) is 0 Å². The Labute approximate surface area is 212 Å². The fourth-order valence-electron chi connectivity index (χ4n) is 1.45. The number of aliphatic hydroxyl groups excluding tert-OH is 2. The molecule has 0 aromatic heterocycles. The average molecular weight is 470 g/mol. The number of rotatable bonds is 14. The SMILES string of the molecule is CCCCOCC(CO)(CO)COCCCC.O=S(=O)([O-])OS(=O)(=O)[O-].[Na+].[Na+]. The maximum atomic E-state index is 9.37. The van der Waals surface area contributed by atoms with E-state index in [1.165, 1.54) is 0 Å². The first kappa shape index (κ1) is 37.0. The van der Waals surface area contributed by atoms with Crippen LogP contribution >= 0.6 is 0 Å². The number of unbranched alkanes of at least 4 members (excludes halogenated alkanes) is 2. The van der Waals surface area contributed by atoms with E-state index >= 15 is 0 Å². The van der Waals surface area contributed by atoms with E-state index in [1.807, 2.05) is 0 Å². The summed E-state index contributed by atoms with van der Waals surface area (Å²) in [5.74, 6) is 0. The first-order chi connectivity index (χ1) is 11.9. The third kappa shape index (κ3) is 25.7. The molecule has 0 aromatic rings. The number of hydrogen-bond acceptors (Lipinski definition) is 11. The van der Waals surface area contributed by atoms with Crippen molar-refractivity contribution >= 4 is 20.8 Å². The van der Waals surface area contributed by atoms with Crippen molar-refractivity contribution in [1.82, 2.24) is 0 Å². The predicted octanol–water partition coefficient (Wildman–Crippen LogP) is -6.48. The Morgan fingerprint density at radius 1 is 0.786 bits per heavy atom. The van der Waals surface area contributed by atoms with Crippen LogP contribution in [0.1, 0.15) is 39.5 Å². The largest absolute Gasteiger partial charge is 1.00 e. The van der Waals surface area contributed by atoms with Crippen molar-refractivity contribution in [1.29, 1.82) is 0 Å². The normalized spacial score (nSPS) is 11.6. The quantitative estimate of drug-likeness (QED) is 0.107. The molecule has 0 rings (SSSR count). The smallest absolute Gasteiger partial charge is 0.725 e. The van der Waals surface area contributed by atoms with E-state index in [4.69, 9.17) is 9.47 Å². The van der Waals surface area contributed by atoms with Gasteiger partial charge >= 0.3 is 59.1 Å². The maximum absolute atomic E-state index is 9.37. The van der Waals surface area contributed by atoms with Crippen LogP contribution in [0.15, 0.2) is 0 Å². The minimum atomic E-state index is -5.43. The van der Waals surface area contributed by atoms with Gasteiger partial charge in [0.05, 0.1) is 31.8 Å². The summed E-state index contributed by atoms with van der Waals surface area (Å²) in [6, 6.07) is 0. The van der Waals surface area contributed by atoms with Crippen LogP contribution in [-0.4, -0.2) is 75.8 Å². The Bertz CT molecular complexity index is 493. The third-order valence-corrected chi connectivity index (χ3v) is 4.27. The standard InChI is InChI=1S/C13H28O4.2Na.H2O7S2/c1-3-5-7-16-11-13(9-14,10-15)12-17-8-6-4-2;;;1-8(2,3)7-9(4,5)6/h14-15H,3-12H2,1-2H3;;;(H,1,2,3)(H,4,5,6)/q;2*+1;/p-2. The molecular formula is C13H28Na2O11S2. The Balaban J connectivity index is -0.000000225. The zero-order valence-electron chi connectivity index (χ0n) is 17.0. The van der Waals surface area contributed by atoms with Crippen LogP contribution in [0.4, 0.5) is 0 Å². The van der Waals surface area contributed by atoms with Crippen molar-refractivity contribution in [2.45, 2.75) is 39.5 Å². The molecule has 0 spiro atoms. The Hall–Kier alpha value is 1.62. The van der Waals surface area contributed by atoms with E-state index in [-0.39, 0.29) is 72.3 Å². The predicted molar refractivity (Wildman–Crippen MR) is 88.5 cm³/mol. The number of hydrogen-bond donors (Lipinski definition) is 2. The van der Waals surface area contributed by atoms with Gasteiger partial charge in [0.2, 0.25) is 20.8 Å². The molecule has 0 saturated carbocycles. The number of ether oxygens (including phenoxy) is 2.